The highest BCUT2D eigenvalue weighted by Gasteiger charge is 2.45. The molecule has 2 bridgehead atoms. The average molecular weight is 503 g/mol. The molecule has 3 aliphatic carbocycles. The number of ether oxygens (including phenoxy) is 1. The van der Waals surface area contributed by atoms with Crippen molar-refractivity contribution in [3.8, 4) is 5.75 Å². The molecule has 0 aliphatic heterocycles. The molecule has 3 fully saturated rings. The number of aromatic nitrogens is 1. The van der Waals surface area contributed by atoms with E-state index in [1.165, 1.54) is 50.7 Å². The van der Waals surface area contributed by atoms with Crippen molar-refractivity contribution in [3.05, 3.63) is 65.8 Å². The Hall–Kier alpha value is -2.75. The minimum atomic E-state index is -4.02. The lowest BCUT2D eigenvalue weighted by molar-refractivity contribution is 0.112. The first-order valence-corrected chi connectivity index (χ1v) is 13.2. The molecular formula is C26H31FN2O5S. The Morgan fingerprint density at radius 1 is 1.20 bits per heavy atom. The largest absolute Gasteiger partial charge is 0.489 e. The maximum absolute atomic E-state index is 12.6. The van der Waals surface area contributed by atoms with E-state index >= 15 is 0 Å². The third-order valence-electron chi connectivity index (χ3n) is 7.07. The second kappa shape index (κ2) is 10.5. The fourth-order valence-electron chi connectivity index (χ4n) is 4.81. The van der Waals surface area contributed by atoms with Gasteiger partial charge >= 0.3 is 0 Å². The zero-order valence-corrected chi connectivity index (χ0v) is 20.6. The number of oxazole rings is 1. The van der Waals surface area contributed by atoms with Crippen molar-refractivity contribution < 1.29 is 26.5 Å². The van der Waals surface area contributed by atoms with Crippen molar-refractivity contribution in [3.63, 3.8) is 0 Å². The summed E-state index contributed by atoms with van der Waals surface area (Å²) >= 11 is 0. The Balaban J connectivity index is 0.000000221. The predicted octanol–water partition coefficient (Wildman–Crippen LogP) is 5.48. The van der Waals surface area contributed by atoms with E-state index in [1.54, 1.807) is 12.1 Å². The summed E-state index contributed by atoms with van der Waals surface area (Å²) in [6.45, 7) is 2.13. The molecule has 9 heteroatoms. The molecule has 0 radical (unpaired) electrons. The Kier molecular flexibility index (Phi) is 7.59. The maximum Gasteiger partial charge on any atom is 0.294 e. The molecule has 7 nitrogen and oxygen atoms in total. The van der Waals surface area contributed by atoms with Crippen molar-refractivity contribution in [2.24, 2.45) is 11.7 Å². The summed E-state index contributed by atoms with van der Waals surface area (Å²) in [7, 11) is -4.02. The fourth-order valence-corrected chi connectivity index (χ4v) is 5.29. The second-order valence-corrected chi connectivity index (χ2v) is 10.9. The molecule has 0 unspecified atom stereocenters. The number of halogens is 1. The first-order valence-electron chi connectivity index (χ1n) is 11.8. The van der Waals surface area contributed by atoms with E-state index in [0.29, 0.717) is 17.7 Å². The van der Waals surface area contributed by atoms with Crippen LogP contribution in [-0.2, 0) is 15.5 Å². The summed E-state index contributed by atoms with van der Waals surface area (Å²) in [4.78, 5) is 4.69. The molecule has 3 N–H and O–H groups in total. The maximum atomic E-state index is 12.6. The minimum absolute atomic E-state index is 0.0666. The molecule has 0 spiro atoms. The number of nitrogens with two attached hydrogens (primary N) is 1. The molecule has 0 saturated heterocycles. The summed E-state index contributed by atoms with van der Waals surface area (Å²) in [5.41, 5.74) is 8.56. The molecule has 0 amide bonds. The highest BCUT2D eigenvalue weighted by Crippen LogP contribution is 2.51. The molecule has 1 aromatic heterocycles. The number of fused-ring (bicyclic) bond motifs is 4. The van der Waals surface area contributed by atoms with Crippen LogP contribution >= 0.6 is 0 Å². The standard InChI is InChI=1S/C19H23FN2O2.C7H8O3S/c20-10-14(11-21)12-23-15-1-2-16-17(9-15)24-18(22-16)19-6-3-13(4-7-19)5-8-19;1-6-2-4-7(5-3-6)11(8,9)10/h1-2,9-10,13H,3-8,11-12,21H2;2-5H,1H3,(H,8,9,10)/b14-10+;. The number of rotatable bonds is 6. The second-order valence-electron chi connectivity index (χ2n) is 9.46. The molecule has 3 saturated carbocycles. The van der Waals surface area contributed by atoms with Gasteiger partial charge in [-0.1, -0.05) is 17.7 Å². The van der Waals surface area contributed by atoms with Gasteiger partial charge in [-0.05, 0) is 75.6 Å². The molecule has 1 heterocycles. The lowest BCUT2D eigenvalue weighted by Gasteiger charge is -2.44. The van der Waals surface area contributed by atoms with Crippen LogP contribution < -0.4 is 10.5 Å². The van der Waals surface area contributed by atoms with Gasteiger partial charge in [-0.15, -0.1) is 0 Å². The van der Waals surface area contributed by atoms with Gasteiger partial charge in [0.05, 0.1) is 11.2 Å². The summed E-state index contributed by atoms with van der Waals surface area (Å²) in [6, 6.07) is 11.6. The number of hydrogen-bond acceptors (Lipinski definition) is 6. The van der Waals surface area contributed by atoms with Gasteiger partial charge in [0.1, 0.15) is 17.9 Å². The van der Waals surface area contributed by atoms with Gasteiger partial charge in [-0.3, -0.25) is 4.55 Å². The Bertz CT molecular complexity index is 1280. The van der Waals surface area contributed by atoms with Crippen LogP contribution in [0.15, 0.2) is 63.7 Å². The molecule has 3 aliphatic rings. The Labute approximate surface area is 204 Å². The Morgan fingerprint density at radius 3 is 2.43 bits per heavy atom. The molecule has 35 heavy (non-hydrogen) atoms. The Morgan fingerprint density at radius 2 is 1.86 bits per heavy atom. The zero-order chi connectivity index (χ0) is 25.1. The summed E-state index contributed by atoms with van der Waals surface area (Å²) in [6.07, 6.45) is 7.96. The van der Waals surface area contributed by atoms with E-state index in [1.807, 2.05) is 25.1 Å². The normalized spacial score (nSPS) is 22.1. The summed E-state index contributed by atoms with van der Waals surface area (Å²) < 4.78 is 53.8. The highest BCUT2D eigenvalue weighted by molar-refractivity contribution is 7.85. The molecule has 2 aromatic carbocycles. The van der Waals surface area contributed by atoms with Crippen LogP contribution in [0.5, 0.6) is 5.75 Å². The van der Waals surface area contributed by atoms with Gasteiger partial charge in [-0.25, -0.2) is 9.37 Å². The zero-order valence-electron chi connectivity index (χ0n) is 19.7. The van der Waals surface area contributed by atoms with Gasteiger partial charge in [0.15, 0.2) is 5.58 Å². The van der Waals surface area contributed by atoms with Crippen LogP contribution in [0.25, 0.3) is 11.1 Å². The minimum Gasteiger partial charge on any atom is -0.489 e. The van der Waals surface area contributed by atoms with E-state index in [4.69, 9.17) is 24.4 Å². The predicted molar refractivity (Wildman–Crippen MR) is 132 cm³/mol. The quantitative estimate of drug-likeness (QED) is 0.429. The monoisotopic (exact) mass is 502 g/mol. The van der Waals surface area contributed by atoms with Gasteiger partial charge in [0, 0.05) is 23.6 Å². The van der Waals surface area contributed by atoms with Gasteiger partial charge in [0.2, 0.25) is 5.89 Å². The van der Waals surface area contributed by atoms with Crippen LogP contribution in [0, 0.1) is 12.8 Å². The third-order valence-corrected chi connectivity index (χ3v) is 7.93. The van der Waals surface area contributed by atoms with Crippen LogP contribution in [0.2, 0.25) is 0 Å². The molecule has 6 rings (SSSR count). The molecular weight excluding hydrogens is 471 g/mol. The van der Waals surface area contributed by atoms with E-state index in [0.717, 1.165) is 28.5 Å². The SMILES string of the molecule is Cc1ccc(S(=O)(=O)O)cc1.NC/C(=C\F)COc1ccc2nc(C34CCC(CC3)CC4)oc2c1. The van der Waals surface area contributed by atoms with E-state index < -0.39 is 10.1 Å². The topological polar surface area (TPSA) is 116 Å². The lowest BCUT2D eigenvalue weighted by Crippen LogP contribution is -2.37. The molecule has 188 valence electrons. The van der Waals surface area contributed by atoms with Crippen molar-refractivity contribution in [1.29, 1.82) is 0 Å². The third kappa shape index (κ3) is 5.91. The van der Waals surface area contributed by atoms with E-state index in [-0.39, 0.29) is 23.5 Å². The summed E-state index contributed by atoms with van der Waals surface area (Å²) in [5, 5.41) is 0. The van der Waals surface area contributed by atoms with Crippen molar-refractivity contribution in [1.82, 2.24) is 4.98 Å². The molecule has 0 atom stereocenters. The lowest BCUT2D eigenvalue weighted by atomic mass is 9.60. The van der Waals surface area contributed by atoms with Crippen LogP contribution in [-0.4, -0.2) is 31.1 Å². The highest BCUT2D eigenvalue weighted by atomic mass is 32.2. The number of hydrogen-bond donors (Lipinski definition) is 2. The van der Waals surface area contributed by atoms with Crippen molar-refractivity contribution in [2.75, 3.05) is 13.2 Å². The van der Waals surface area contributed by atoms with E-state index in [2.05, 4.69) is 0 Å². The van der Waals surface area contributed by atoms with E-state index in [9.17, 15) is 12.8 Å². The first-order chi connectivity index (χ1) is 16.7. The fraction of sp³-hybridized carbons (Fsp3) is 0.423. The van der Waals surface area contributed by atoms with Crippen molar-refractivity contribution >= 4 is 21.2 Å². The number of benzene rings is 2. The van der Waals surface area contributed by atoms with Crippen molar-refractivity contribution in [2.45, 2.75) is 55.8 Å². The average Bonchev–Trinajstić information content (AvgIpc) is 3.30. The first kappa shape index (κ1) is 25.3. The summed E-state index contributed by atoms with van der Waals surface area (Å²) in [5.74, 6) is 2.44. The number of nitrogens with zero attached hydrogens (tertiary/aromatic N) is 1. The van der Waals surface area contributed by atoms with Gasteiger partial charge < -0.3 is 14.9 Å². The molecule has 3 aromatic rings. The number of aryl methyl sites for hydroxylation is 1. The van der Waals surface area contributed by atoms with Crippen LogP contribution in [0.1, 0.15) is 50.0 Å². The van der Waals surface area contributed by atoms with Gasteiger partial charge in [-0.2, -0.15) is 8.42 Å². The van der Waals surface area contributed by atoms with Crippen LogP contribution in [0.3, 0.4) is 0 Å². The van der Waals surface area contributed by atoms with Crippen LogP contribution in [0.4, 0.5) is 4.39 Å². The smallest absolute Gasteiger partial charge is 0.294 e. The van der Waals surface area contributed by atoms with Gasteiger partial charge in [0.25, 0.3) is 10.1 Å².